The van der Waals surface area contributed by atoms with E-state index in [1.54, 1.807) is 7.11 Å². The van der Waals surface area contributed by atoms with Gasteiger partial charge in [0.05, 0.1) is 38.5 Å². The monoisotopic (exact) mass is 489 g/mol. The predicted octanol–water partition coefficient (Wildman–Crippen LogP) is 3.48. The number of benzene rings is 1. The SMILES string of the molecule is CCCOc1ccc(CN=C(NCC)NC2CC3CCC2O3)cc1OC.I. The van der Waals surface area contributed by atoms with E-state index >= 15 is 0 Å². The number of fused-ring (bicyclic) bond motifs is 2. The maximum atomic E-state index is 5.93. The van der Waals surface area contributed by atoms with Crippen LogP contribution in [-0.2, 0) is 11.3 Å². The Morgan fingerprint density at radius 1 is 1.26 bits per heavy atom. The van der Waals surface area contributed by atoms with Gasteiger partial charge >= 0.3 is 0 Å². The molecule has 6 nitrogen and oxygen atoms in total. The molecule has 3 rings (SSSR count). The molecular weight excluding hydrogens is 457 g/mol. The first-order valence-corrected chi connectivity index (χ1v) is 9.73. The van der Waals surface area contributed by atoms with Crippen LogP contribution in [0.1, 0.15) is 45.1 Å². The first kappa shape index (κ1) is 22.1. The molecule has 2 fully saturated rings. The number of methoxy groups -OCH3 is 1. The van der Waals surface area contributed by atoms with Crippen molar-refractivity contribution in [2.45, 2.75) is 64.3 Å². The van der Waals surface area contributed by atoms with Gasteiger partial charge in [-0.1, -0.05) is 13.0 Å². The quantitative estimate of drug-likeness (QED) is 0.333. The van der Waals surface area contributed by atoms with Crippen molar-refractivity contribution >= 4 is 29.9 Å². The van der Waals surface area contributed by atoms with Gasteiger partial charge in [0, 0.05) is 6.54 Å². The molecular formula is C20H32IN3O3. The van der Waals surface area contributed by atoms with Gasteiger partial charge in [-0.15, -0.1) is 24.0 Å². The Kier molecular flexibility index (Phi) is 8.95. The number of rotatable bonds is 8. The van der Waals surface area contributed by atoms with Crippen LogP contribution in [0.3, 0.4) is 0 Å². The van der Waals surface area contributed by atoms with Crippen molar-refractivity contribution in [3.05, 3.63) is 23.8 Å². The van der Waals surface area contributed by atoms with Crippen LogP contribution in [0.5, 0.6) is 11.5 Å². The number of nitrogens with one attached hydrogen (secondary N) is 2. The van der Waals surface area contributed by atoms with E-state index < -0.39 is 0 Å². The van der Waals surface area contributed by atoms with E-state index in [1.807, 2.05) is 18.2 Å². The maximum absolute atomic E-state index is 5.93. The minimum Gasteiger partial charge on any atom is -0.493 e. The van der Waals surface area contributed by atoms with Gasteiger partial charge in [0.2, 0.25) is 0 Å². The molecule has 0 amide bonds. The Balaban J connectivity index is 0.00000261. The molecule has 0 radical (unpaired) electrons. The second-order valence-electron chi connectivity index (χ2n) is 6.89. The van der Waals surface area contributed by atoms with E-state index in [-0.39, 0.29) is 24.0 Å². The molecule has 2 saturated heterocycles. The summed E-state index contributed by atoms with van der Waals surface area (Å²) < 4.78 is 17.1. The van der Waals surface area contributed by atoms with Gasteiger partial charge in [-0.05, 0) is 50.3 Å². The fourth-order valence-electron chi connectivity index (χ4n) is 3.60. The van der Waals surface area contributed by atoms with Crippen molar-refractivity contribution in [2.24, 2.45) is 4.99 Å². The summed E-state index contributed by atoms with van der Waals surface area (Å²) in [6, 6.07) is 6.37. The lowest BCUT2D eigenvalue weighted by Crippen LogP contribution is -2.47. The average Bonchev–Trinajstić information content (AvgIpc) is 3.28. The van der Waals surface area contributed by atoms with Crippen molar-refractivity contribution in [3.8, 4) is 11.5 Å². The van der Waals surface area contributed by atoms with Gasteiger partial charge in [0.15, 0.2) is 17.5 Å². The lowest BCUT2D eigenvalue weighted by atomic mass is 9.96. The zero-order valence-electron chi connectivity index (χ0n) is 16.5. The third-order valence-electron chi connectivity index (χ3n) is 4.88. The molecule has 2 bridgehead atoms. The molecule has 152 valence electrons. The Labute approximate surface area is 179 Å². The first-order chi connectivity index (χ1) is 12.7. The van der Waals surface area contributed by atoms with Gasteiger partial charge in [0.1, 0.15) is 0 Å². The number of halogens is 1. The van der Waals surface area contributed by atoms with Crippen molar-refractivity contribution in [1.29, 1.82) is 0 Å². The molecule has 2 aliphatic heterocycles. The van der Waals surface area contributed by atoms with Crippen LogP contribution in [0.25, 0.3) is 0 Å². The summed E-state index contributed by atoms with van der Waals surface area (Å²) >= 11 is 0. The van der Waals surface area contributed by atoms with Gasteiger partial charge in [0.25, 0.3) is 0 Å². The standard InChI is InChI=1S/C20H31N3O3.HI/c1-4-10-25-18-8-6-14(11-19(18)24-3)13-22-20(21-5-2)23-16-12-15-7-9-17(16)26-15;/h6,8,11,15-17H,4-5,7,9-10,12-13H2,1-3H3,(H2,21,22,23);1H. The average molecular weight is 489 g/mol. The molecule has 3 atom stereocenters. The number of nitrogens with zero attached hydrogens (tertiary/aromatic N) is 1. The third kappa shape index (κ3) is 5.88. The summed E-state index contributed by atoms with van der Waals surface area (Å²) in [5.74, 6) is 2.38. The summed E-state index contributed by atoms with van der Waals surface area (Å²) in [7, 11) is 1.67. The zero-order chi connectivity index (χ0) is 18.4. The predicted molar refractivity (Wildman–Crippen MR) is 118 cm³/mol. The highest BCUT2D eigenvalue weighted by Gasteiger charge is 2.41. The van der Waals surface area contributed by atoms with Crippen LogP contribution in [0.15, 0.2) is 23.2 Å². The normalized spacial score (nSPS) is 23.7. The Morgan fingerprint density at radius 3 is 2.74 bits per heavy atom. The highest BCUT2D eigenvalue weighted by molar-refractivity contribution is 14.0. The molecule has 3 unspecified atom stereocenters. The molecule has 0 aromatic heterocycles. The molecule has 2 aliphatic rings. The van der Waals surface area contributed by atoms with Crippen molar-refractivity contribution in [2.75, 3.05) is 20.3 Å². The summed E-state index contributed by atoms with van der Waals surface area (Å²) in [5.41, 5.74) is 1.09. The van der Waals surface area contributed by atoms with Crippen LogP contribution in [0, 0.1) is 0 Å². The fourth-order valence-corrected chi connectivity index (χ4v) is 3.60. The van der Waals surface area contributed by atoms with E-state index in [0.717, 1.165) is 48.8 Å². The molecule has 0 saturated carbocycles. The van der Waals surface area contributed by atoms with Crippen molar-refractivity contribution in [3.63, 3.8) is 0 Å². The molecule has 1 aromatic carbocycles. The maximum Gasteiger partial charge on any atom is 0.191 e. The third-order valence-corrected chi connectivity index (χ3v) is 4.88. The van der Waals surface area contributed by atoms with Crippen LogP contribution in [-0.4, -0.2) is 44.5 Å². The topological polar surface area (TPSA) is 64.1 Å². The van der Waals surface area contributed by atoms with Crippen LogP contribution >= 0.6 is 24.0 Å². The number of hydrogen-bond donors (Lipinski definition) is 2. The molecule has 7 heteroatoms. The smallest absolute Gasteiger partial charge is 0.191 e. The van der Waals surface area contributed by atoms with E-state index in [9.17, 15) is 0 Å². The minimum absolute atomic E-state index is 0. The van der Waals surface area contributed by atoms with E-state index in [4.69, 9.17) is 19.2 Å². The highest BCUT2D eigenvalue weighted by Crippen LogP contribution is 2.34. The first-order valence-electron chi connectivity index (χ1n) is 9.73. The number of ether oxygens (including phenoxy) is 3. The second kappa shape index (κ2) is 10.9. The molecule has 1 aromatic rings. The lowest BCUT2D eigenvalue weighted by molar-refractivity contribution is 0.0992. The number of hydrogen-bond acceptors (Lipinski definition) is 4. The van der Waals surface area contributed by atoms with Gasteiger partial charge in [-0.3, -0.25) is 0 Å². The summed E-state index contributed by atoms with van der Waals surface area (Å²) in [4.78, 5) is 4.74. The lowest BCUT2D eigenvalue weighted by Gasteiger charge is -2.22. The largest absolute Gasteiger partial charge is 0.493 e. The minimum atomic E-state index is 0. The fraction of sp³-hybridized carbons (Fsp3) is 0.650. The van der Waals surface area contributed by atoms with Crippen molar-refractivity contribution < 1.29 is 14.2 Å². The Bertz CT molecular complexity index is 626. The van der Waals surface area contributed by atoms with Crippen LogP contribution in [0.2, 0.25) is 0 Å². The highest BCUT2D eigenvalue weighted by atomic mass is 127. The van der Waals surface area contributed by atoms with Gasteiger partial charge in [-0.25, -0.2) is 4.99 Å². The number of guanidine groups is 1. The van der Waals surface area contributed by atoms with Gasteiger partial charge in [-0.2, -0.15) is 0 Å². The molecule has 2 heterocycles. The van der Waals surface area contributed by atoms with Crippen LogP contribution < -0.4 is 20.1 Å². The Morgan fingerprint density at radius 2 is 2.11 bits per heavy atom. The Hall–Kier alpha value is -1.22. The summed E-state index contributed by atoms with van der Waals surface area (Å²) in [6.07, 6.45) is 5.16. The summed E-state index contributed by atoms with van der Waals surface area (Å²) in [5, 5.41) is 6.88. The summed E-state index contributed by atoms with van der Waals surface area (Å²) in [6.45, 7) is 6.28. The zero-order valence-corrected chi connectivity index (χ0v) is 18.8. The second-order valence-corrected chi connectivity index (χ2v) is 6.89. The van der Waals surface area contributed by atoms with Crippen molar-refractivity contribution in [1.82, 2.24) is 10.6 Å². The molecule has 2 N–H and O–H groups in total. The molecule has 0 spiro atoms. The molecule has 27 heavy (non-hydrogen) atoms. The van der Waals surface area contributed by atoms with Gasteiger partial charge < -0.3 is 24.8 Å². The molecule has 0 aliphatic carbocycles. The van der Waals surface area contributed by atoms with Crippen LogP contribution in [0.4, 0.5) is 0 Å². The van der Waals surface area contributed by atoms with E-state index in [1.165, 1.54) is 6.42 Å². The van der Waals surface area contributed by atoms with E-state index in [0.29, 0.717) is 31.4 Å². The van der Waals surface area contributed by atoms with E-state index in [2.05, 4.69) is 24.5 Å². The number of aliphatic imine (C=N–C) groups is 1.